The number of hydrogen-bond acceptors (Lipinski definition) is 6. The second-order valence-corrected chi connectivity index (χ2v) is 10.8. The van der Waals surface area contributed by atoms with Crippen molar-refractivity contribution in [2.75, 3.05) is 57.5 Å². The van der Waals surface area contributed by atoms with Gasteiger partial charge in [-0.15, -0.1) is 0 Å². The molecular weight excluding hydrogens is 472 g/mol. The zero-order valence-corrected chi connectivity index (χ0v) is 23.0. The van der Waals surface area contributed by atoms with Gasteiger partial charge in [0, 0.05) is 56.3 Å². The van der Waals surface area contributed by atoms with Crippen molar-refractivity contribution < 1.29 is 4.79 Å². The Hall–Kier alpha value is -3.55. The molecule has 0 bridgehead atoms. The standard InChI is InChI=1S/C31H38N6O/c1-22-6-5-7-24-8-9-25(26-16-23(18-32-19-26)21-35(2)3)17-28(24)30(22)31(38)34-27-10-11-29(33-20-27)37-14-12-36(4)13-15-37/h8-11,16-20H,5-7,12-15,21H2,1-4H3,(H,34,38). The molecule has 1 aliphatic heterocycles. The fraction of sp³-hybridized carbons (Fsp3) is 0.387. The summed E-state index contributed by atoms with van der Waals surface area (Å²) >= 11 is 0. The Kier molecular flexibility index (Phi) is 7.86. The van der Waals surface area contributed by atoms with Gasteiger partial charge < -0.3 is 20.0 Å². The van der Waals surface area contributed by atoms with Crippen molar-refractivity contribution in [3.05, 3.63) is 77.3 Å². The van der Waals surface area contributed by atoms with E-state index >= 15 is 0 Å². The van der Waals surface area contributed by atoms with E-state index in [9.17, 15) is 4.79 Å². The lowest BCUT2D eigenvalue weighted by Crippen LogP contribution is -2.44. The number of amides is 1. The van der Waals surface area contributed by atoms with Gasteiger partial charge in [0.05, 0.1) is 11.9 Å². The Bertz CT molecular complexity index is 1320. The SMILES string of the molecule is CC1=C(C(=O)Nc2ccc(N3CCN(C)CC3)nc2)c2cc(-c3cncc(CN(C)C)c3)ccc2CCC1. The topological polar surface area (TPSA) is 64.6 Å². The van der Waals surface area contributed by atoms with Gasteiger partial charge in [-0.2, -0.15) is 0 Å². The van der Waals surface area contributed by atoms with Crippen LogP contribution < -0.4 is 10.2 Å². The molecule has 7 nitrogen and oxygen atoms in total. The van der Waals surface area contributed by atoms with Crippen LogP contribution in [0.4, 0.5) is 11.5 Å². The largest absolute Gasteiger partial charge is 0.354 e. The Labute approximate surface area is 226 Å². The minimum atomic E-state index is -0.0727. The summed E-state index contributed by atoms with van der Waals surface area (Å²) in [6.07, 6.45) is 8.51. The third-order valence-electron chi connectivity index (χ3n) is 7.49. The first kappa shape index (κ1) is 26.1. The number of likely N-dealkylation sites (N-methyl/N-ethyl adjacent to an activating group) is 1. The molecule has 1 saturated heterocycles. The van der Waals surface area contributed by atoms with Gasteiger partial charge in [-0.3, -0.25) is 9.78 Å². The maximum atomic E-state index is 13.7. The molecule has 3 aromatic rings. The average Bonchev–Trinajstić information content (AvgIpc) is 3.07. The van der Waals surface area contributed by atoms with Crippen LogP contribution in [0.25, 0.3) is 16.7 Å². The van der Waals surface area contributed by atoms with Crippen molar-refractivity contribution in [2.24, 2.45) is 0 Å². The van der Waals surface area contributed by atoms with Gasteiger partial charge in [0.2, 0.25) is 0 Å². The van der Waals surface area contributed by atoms with Gasteiger partial charge in [-0.1, -0.05) is 17.7 Å². The second kappa shape index (κ2) is 11.5. The Morgan fingerprint density at radius 1 is 0.974 bits per heavy atom. The molecular formula is C31H38N6O. The molecule has 38 heavy (non-hydrogen) atoms. The smallest absolute Gasteiger partial charge is 0.256 e. The monoisotopic (exact) mass is 510 g/mol. The molecule has 1 aromatic carbocycles. The van der Waals surface area contributed by atoms with Crippen molar-refractivity contribution in [3.63, 3.8) is 0 Å². The third-order valence-corrected chi connectivity index (χ3v) is 7.49. The number of nitrogens with zero attached hydrogens (tertiary/aromatic N) is 5. The summed E-state index contributed by atoms with van der Waals surface area (Å²) < 4.78 is 0. The molecule has 1 N–H and O–H groups in total. The number of carbonyl (C=O) groups is 1. The molecule has 0 unspecified atom stereocenters. The molecule has 0 radical (unpaired) electrons. The van der Waals surface area contributed by atoms with Crippen LogP contribution in [0, 0.1) is 0 Å². The van der Waals surface area contributed by atoms with Crippen molar-refractivity contribution in [3.8, 4) is 11.1 Å². The van der Waals surface area contributed by atoms with Gasteiger partial charge in [0.15, 0.2) is 0 Å². The number of hydrogen-bond donors (Lipinski definition) is 1. The van der Waals surface area contributed by atoms with E-state index < -0.39 is 0 Å². The first-order valence-electron chi connectivity index (χ1n) is 13.5. The number of carbonyl (C=O) groups excluding carboxylic acids is 1. The third kappa shape index (κ3) is 5.95. The number of nitrogens with one attached hydrogen (secondary N) is 1. The van der Waals surface area contributed by atoms with E-state index in [0.29, 0.717) is 0 Å². The molecule has 2 aliphatic rings. The van der Waals surface area contributed by atoms with E-state index in [0.717, 1.165) is 91.3 Å². The van der Waals surface area contributed by atoms with E-state index in [1.165, 1.54) is 11.1 Å². The number of fused-ring (bicyclic) bond motifs is 1. The van der Waals surface area contributed by atoms with Crippen molar-refractivity contribution >= 4 is 23.0 Å². The summed E-state index contributed by atoms with van der Waals surface area (Å²) in [5.41, 5.74) is 8.18. The van der Waals surface area contributed by atoms with Crippen LogP contribution in [0.5, 0.6) is 0 Å². The summed E-state index contributed by atoms with van der Waals surface area (Å²) in [6, 6.07) is 12.7. The average molecular weight is 511 g/mol. The van der Waals surface area contributed by atoms with Gasteiger partial charge in [-0.25, -0.2) is 4.98 Å². The Balaban J connectivity index is 1.39. The molecule has 5 rings (SSSR count). The predicted octanol–water partition coefficient (Wildman–Crippen LogP) is 4.71. The van der Waals surface area contributed by atoms with E-state index in [-0.39, 0.29) is 5.91 Å². The zero-order valence-electron chi connectivity index (χ0n) is 23.0. The first-order chi connectivity index (χ1) is 18.4. The van der Waals surface area contributed by atoms with Gasteiger partial charge in [0.25, 0.3) is 5.91 Å². The summed E-state index contributed by atoms with van der Waals surface area (Å²) in [4.78, 5) is 29.6. The maximum Gasteiger partial charge on any atom is 0.256 e. The summed E-state index contributed by atoms with van der Waals surface area (Å²) in [6.45, 7) is 6.92. The van der Waals surface area contributed by atoms with Crippen LogP contribution in [-0.2, 0) is 17.8 Å². The zero-order chi connectivity index (χ0) is 26.6. The van der Waals surface area contributed by atoms with Gasteiger partial charge >= 0.3 is 0 Å². The molecule has 1 fully saturated rings. The highest BCUT2D eigenvalue weighted by molar-refractivity contribution is 6.26. The number of rotatable bonds is 6. The number of benzene rings is 1. The molecule has 1 aliphatic carbocycles. The highest BCUT2D eigenvalue weighted by atomic mass is 16.1. The van der Waals surface area contributed by atoms with E-state index in [4.69, 9.17) is 0 Å². The highest BCUT2D eigenvalue weighted by Gasteiger charge is 2.22. The summed E-state index contributed by atoms with van der Waals surface area (Å²) in [5.74, 6) is 0.887. The van der Waals surface area contributed by atoms with Crippen LogP contribution in [-0.4, -0.2) is 73.0 Å². The fourth-order valence-corrected chi connectivity index (χ4v) is 5.40. The first-order valence-corrected chi connectivity index (χ1v) is 13.5. The molecule has 0 spiro atoms. The number of anilines is 2. The minimum Gasteiger partial charge on any atom is -0.354 e. The molecule has 0 saturated carbocycles. The molecule has 3 heterocycles. The van der Waals surface area contributed by atoms with E-state index in [1.807, 2.05) is 24.5 Å². The number of aromatic nitrogens is 2. The van der Waals surface area contributed by atoms with Crippen molar-refractivity contribution in [1.29, 1.82) is 0 Å². The van der Waals surface area contributed by atoms with Crippen molar-refractivity contribution in [1.82, 2.24) is 19.8 Å². The lowest BCUT2D eigenvalue weighted by Gasteiger charge is -2.33. The van der Waals surface area contributed by atoms with E-state index in [2.05, 4.69) is 82.3 Å². The summed E-state index contributed by atoms with van der Waals surface area (Å²) in [5, 5.41) is 3.13. The second-order valence-electron chi connectivity index (χ2n) is 10.8. The molecule has 7 heteroatoms. The maximum absolute atomic E-state index is 13.7. The predicted molar refractivity (Wildman–Crippen MR) is 155 cm³/mol. The normalized spacial score (nSPS) is 16.4. The fourth-order valence-electron chi connectivity index (χ4n) is 5.40. The lowest BCUT2D eigenvalue weighted by molar-refractivity contribution is -0.111. The molecule has 2 aromatic heterocycles. The van der Waals surface area contributed by atoms with Gasteiger partial charge in [-0.05, 0) is 93.8 Å². The van der Waals surface area contributed by atoms with Crippen LogP contribution in [0.1, 0.15) is 36.5 Å². The molecule has 198 valence electrons. The van der Waals surface area contributed by atoms with Crippen molar-refractivity contribution in [2.45, 2.75) is 32.7 Å². The van der Waals surface area contributed by atoms with Crippen LogP contribution in [0.15, 0.2) is 60.6 Å². The Morgan fingerprint density at radius 3 is 2.53 bits per heavy atom. The number of allylic oxidation sites excluding steroid dienone is 1. The Morgan fingerprint density at radius 2 is 1.79 bits per heavy atom. The quantitative estimate of drug-likeness (QED) is 0.518. The minimum absolute atomic E-state index is 0.0727. The summed E-state index contributed by atoms with van der Waals surface area (Å²) in [7, 11) is 6.26. The van der Waals surface area contributed by atoms with Crippen LogP contribution in [0.3, 0.4) is 0 Å². The molecule has 1 amide bonds. The lowest BCUT2D eigenvalue weighted by atomic mass is 9.92. The van der Waals surface area contributed by atoms with Gasteiger partial charge in [0.1, 0.15) is 5.82 Å². The number of piperazine rings is 1. The molecule has 0 atom stereocenters. The number of pyridine rings is 2. The van der Waals surface area contributed by atoms with E-state index in [1.54, 1.807) is 6.20 Å². The highest BCUT2D eigenvalue weighted by Crippen LogP contribution is 2.34. The van der Waals surface area contributed by atoms with Crippen LogP contribution in [0.2, 0.25) is 0 Å². The number of aryl methyl sites for hydroxylation is 1. The van der Waals surface area contributed by atoms with Crippen LogP contribution >= 0.6 is 0 Å².